The van der Waals surface area contributed by atoms with Gasteiger partial charge in [0.05, 0.1) is 6.54 Å². The van der Waals surface area contributed by atoms with E-state index in [1.807, 2.05) is 12.1 Å². The predicted octanol–water partition coefficient (Wildman–Crippen LogP) is 1.87. The molecule has 1 rings (SSSR count). The van der Waals surface area contributed by atoms with Crippen molar-refractivity contribution in [1.82, 2.24) is 10.6 Å². The molecule has 1 aromatic rings. The maximum absolute atomic E-state index is 10.9. The van der Waals surface area contributed by atoms with Gasteiger partial charge < -0.3 is 10.6 Å². The molecule has 0 atom stereocenters. The van der Waals surface area contributed by atoms with Crippen LogP contribution in [0.25, 0.3) is 0 Å². The average Bonchev–Trinajstić information content (AvgIpc) is 2.26. The number of carbonyl (C=O) groups is 1. The van der Waals surface area contributed by atoms with Crippen LogP contribution in [-0.4, -0.2) is 26.0 Å². The van der Waals surface area contributed by atoms with E-state index >= 15 is 0 Å². The Kier molecular flexibility index (Phi) is 5.60. The van der Waals surface area contributed by atoms with Gasteiger partial charge in [-0.15, -0.1) is 0 Å². The van der Waals surface area contributed by atoms with Gasteiger partial charge in [0.1, 0.15) is 0 Å². The van der Waals surface area contributed by atoms with Crippen LogP contribution in [0.4, 0.5) is 0 Å². The van der Waals surface area contributed by atoms with Crippen LogP contribution >= 0.6 is 23.2 Å². The van der Waals surface area contributed by atoms with Gasteiger partial charge in [-0.1, -0.05) is 29.3 Å². The second-order valence-corrected chi connectivity index (χ2v) is 4.18. The molecule has 0 fully saturated rings. The van der Waals surface area contributed by atoms with Crippen molar-refractivity contribution in [2.24, 2.45) is 0 Å². The number of benzene rings is 1. The number of hydrogen-bond acceptors (Lipinski definition) is 2. The van der Waals surface area contributed by atoms with Crippen LogP contribution in [0.15, 0.2) is 18.2 Å². The summed E-state index contributed by atoms with van der Waals surface area (Å²) in [4.78, 5) is 10.9. The van der Waals surface area contributed by atoms with Gasteiger partial charge in [0, 0.05) is 17.1 Å². The van der Waals surface area contributed by atoms with E-state index in [2.05, 4.69) is 10.6 Å². The summed E-state index contributed by atoms with van der Waals surface area (Å²) < 4.78 is 0. The minimum absolute atomic E-state index is 0.0257. The first-order chi connectivity index (χ1) is 7.63. The monoisotopic (exact) mass is 260 g/mol. The Balaban J connectivity index is 2.35. The van der Waals surface area contributed by atoms with Crippen molar-refractivity contribution < 1.29 is 4.79 Å². The quantitative estimate of drug-likeness (QED) is 0.794. The zero-order valence-electron chi connectivity index (χ0n) is 9.02. The molecular weight excluding hydrogens is 247 g/mol. The first-order valence-corrected chi connectivity index (χ1v) is 5.74. The summed E-state index contributed by atoms with van der Waals surface area (Å²) in [5, 5.41) is 6.85. The van der Waals surface area contributed by atoms with E-state index in [0.29, 0.717) is 23.1 Å². The van der Waals surface area contributed by atoms with E-state index in [0.717, 1.165) is 12.0 Å². The highest BCUT2D eigenvalue weighted by Crippen LogP contribution is 2.20. The Morgan fingerprint density at radius 1 is 1.38 bits per heavy atom. The molecule has 0 heterocycles. The lowest BCUT2D eigenvalue weighted by molar-refractivity contribution is -0.119. The zero-order chi connectivity index (χ0) is 12.0. The fraction of sp³-hybridized carbons (Fsp3) is 0.364. The van der Waals surface area contributed by atoms with Crippen LogP contribution in [0.3, 0.4) is 0 Å². The summed E-state index contributed by atoms with van der Waals surface area (Å²) in [6.07, 6.45) is 0.771. The van der Waals surface area contributed by atoms with Gasteiger partial charge in [0.15, 0.2) is 0 Å². The highest BCUT2D eigenvalue weighted by Gasteiger charge is 2.01. The average molecular weight is 261 g/mol. The molecule has 0 saturated heterocycles. The van der Waals surface area contributed by atoms with Crippen molar-refractivity contribution in [3.8, 4) is 0 Å². The molecule has 0 aliphatic carbocycles. The number of nitrogens with one attached hydrogen (secondary N) is 2. The lowest BCUT2D eigenvalue weighted by Gasteiger charge is -2.06. The number of hydrogen-bond donors (Lipinski definition) is 2. The third-order valence-electron chi connectivity index (χ3n) is 2.15. The van der Waals surface area contributed by atoms with Crippen molar-refractivity contribution >= 4 is 29.1 Å². The van der Waals surface area contributed by atoms with Crippen LogP contribution in [0.1, 0.15) is 5.56 Å². The van der Waals surface area contributed by atoms with Gasteiger partial charge in [0.25, 0.3) is 0 Å². The molecule has 0 spiro atoms. The van der Waals surface area contributed by atoms with E-state index in [4.69, 9.17) is 23.2 Å². The van der Waals surface area contributed by atoms with Gasteiger partial charge >= 0.3 is 0 Å². The Morgan fingerprint density at radius 3 is 2.75 bits per heavy atom. The van der Waals surface area contributed by atoms with Crippen LogP contribution in [-0.2, 0) is 11.2 Å². The summed E-state index contributed by atoms with van der Waals surface area (Å²) >= 11 is 11.8. The van der Waals surface area contributed by atoms with Crippen LogP contribution < -0.4 is 10.6 Å². The molecule has 0 radical (unpaired) electrons. The molecular formula is C11H14Cl2N2O. The lowest BCUT2D eigenvalue weighted by atomic mass is 10.1. The van der Waals surface area contributed by atoms with Crippen LogP contribution in [0, 0.1) is 0 Å². The van der Waals surface area contributed by atoms with Gasteiger partial charge in [0.2, 0.25) is 5.91 Å². The highest BCUT2D eigenvalue weighted by molar-refractivity contribution is 6.35. The largest absolute Gasteiger partial charge is 0.358 e. The summed E-state index contributed by atoms with van der Waals surface area (Å²) in [7, 11) is 1.61. The standard InChI is InChI=1S/C11H14Cl2N2O/c1-14-11(16)7-15-5-4-8-2-3-9(12)6-10(8)13/h2-3,6,15H,4-5,7H2,1H3,(H,14,16). The number of amides is 1. The Bertz CT molecular complexity index is 369. The van der Waals surface area contributed by atoms with Crippen LogP contribution in [0.5, 0.6) is 0 Å². The van der Waals surface area contributed by atoms with Crippen molar-refractivity contribution in [3.05, 3.63) is 33.8 Å². The Hall–Kier alpha value is -0.770. The van der Waals surface area contributed by atoms with E-state index in [-0.39, 0.29) is 5.91 Å². The highest BCUT2D eigenvalue weighted by atomic mass is 35.5. The summed E-state index contributed by atoms with van der Waals surface area (Å²) in [6.45, 7) is 1.02. The smallest absolute Gasteiger partial charge is 0.233 e. The fourth-order valence-corrected chi connectivity index (χ4v) is 1.74. The second kappa shape index (κ2) is 6.74. The normalized spacial score (nSPS) is 10.2. The summed E-state index contributed by atoms with van der Waals surface area (Å²) in [5.74, 6) is -0.0257. The topological polar surface area (TPSA) is 41.1 Å². The lowest BCUT2D eigenvalue weighted by Crippen LogP contribution is -2.32. The summed E-state index contributed by atoms with van der Waals surface area (Å²) in [6, 6.07) is 5.42. The zero-order valence-corrected chi connectivity index (χ0v) is 10.5. The Labute approximate surface area is 105 Å². The van der Waals surface area contributed by atoms with E-state index < -0.39 is 0 Å². The van der Waals surface area contributed by atoms with E-state index in [9.17, 15) is 4.79 Å². The van der Waals surface area contributed by atoms with Crippen molar-refractivity contribution in [2.75, 3.05) is 20.1 Å². The molecule has 1 amide bonds. The number of carbonyl (C=O) groups excluding carboxylic acids is 1. The maximum atomic E-state index is 10.9. The Morgan fingerprint density at radius 2 is 2.12 bits per heavy atom. The van der Waals surface area contributed by atoms with Gasteiger partial charge in [-0.05, 0) is 30.7 Å². The molecule has 1 aromatic carbocycles. The van der Waals surface area contributed by atoms with Crippen LogP contribution in [0.2, 0.25) is 10.0 Å². The van der Waals surface area contributed by atoms with Crippen molar-refractivity contribution in [3.63, 3.8) is 0 Å². The minimum Gasteiger partial charge on any atom is -0.358 e. The summed E-state index contributed by atoms with van der Waals surface area (Å²) in [5.41, 5.74) is 1.02. The molecule has 0 aromatic heterocycles. The molecule has 5 heteroatoms. The maximum Gasteiger partial charge on any atom is 0.233 e. The number of likely N-dealkylation sites (N-methyl/N-ethyl adjacent to an activating group) is 1. The molecule has 0 unspecified atom stereocenters. The van der Waals surface area contributed by atoms with Crippen molar-refractivity contribution in [1.29, 1.82) is 0 Å². The van der Waals surface area contributed by atoms with Gasteiger partial charge in [-0.3, -0.25) is 4.79 Å². The second-order valence-electron chi connectivity index (χ2n) is 3.34. The molecule has 3 nitrogen and oxygen atoms in total. The third kappa shape index (κ3) is 4.39. The van der Waals surface area contributed by atoms with E-state index in [1.54, 1.807) is 13.1 Å². The predicted molar refractivity (Wildman–Crippen MR) is 67.1 cm³/mol. The number of halogens is 2. The molecule has 2 N–H and O–H groups in total. The molecule has 16 heavy (non-hydrogen) atoms. The van der Waals surface area contributed by atoms with Gasteiger partial charge in [-0.25, -0.2) is 0 Å². The minimum atomic E-state index is -0.0257. The van der Waals surface area contributed by atoms with E-state index in [1.165, 1.54) is 0 Å². The third-order valence-corrected chi connectivity index (χ3v) is 2.74. The number of rotatable bonds is 5. The first-order valence-electron chi connectivity index (χ1n) is 4.98. The molecule has 88 valence electrons. The first kappa shape index (κ1) is 13.3. The molecule has 0 aliphatic heterocycles. The molecule has 0 bridgehead atoms. The SMILES string of the molecule is CNC(=O)CNCCc1ccc(Cl)cc1Cl. The molecule has 0 aliphatic rings. The molecule has 0 saturated carbocycles. The van der Waals surface area contributed by atoms with Gasteiger partial charge in [-0.2, -0.15) is 0 Å². The van der Waals surface area contributed by atoms with Crippen molar-refractivity contribution in [2.45, 2.75) is 6.42 Å². The fourth-order valence-electron chi connectivity index (χ4n) is 1.24.